The van der Waals surface area contributed by atoms with Crippen molar-refractivity contribution in [1.82, 2.24) is 14.5 Å². The van der Waals surface area contributed by atoms with E-state index in [1.54, 1.807) is 13.1 Å². The topological polar surface area (TPSA) is 66.1 Å². The fraction of sp³-hybridized carbons (Fsp3) is 0.500. The average Bonchev–Trinajstić information content (AvgIpc) is 2.99. The van der Waals surface area contributed by atoms with Crippen molar-refractivity contribution < 1.29 is 8.42 Å². The van der Waals surface area contributed by atoms with Gasteiger partial charge in [-0.2, -0.15) is 5.10 Å². The SMILES string of the molecule is Cc1ccc(S(=O)(=O)N(C)CCCc2c(C)n[nH]c2C)s1. The van der Waals surface area contributed by atoms with Crippen LogP contribution in [0.4, 0.5) is 0 Å². The second-order valence-electron chi connectivity index (χ2n) is 5.21. The van der Waals surface area contributed by atoms with Gasteiger partial charge in [-0.3, -0.25) is 5.10 Å². The Kier molecular flexibility index (Phi) is 4.85. The Morgan fingerprint density at radius 2 is 2.00 bits per heavy atom. The summed E-state index contributed by atoms with van der Waals surface area (Å²) in [7, 11) is -1.71. The molecule has 21 heavy (non-hydrogen) atoms. The van der Waals surface area contributed by atoms with E-state index in [0.717, 1.165) is 29.1 Å². The molecule has 0 atom stereocenters. The van der Waals surface area contributed by atoms with Gasteiger partial charge in [0, 0.05) is 24.2 Å². The summed E-state index contributed by atoms with van der Waals surface area (Å²) in [5.74, 6) is 0. The third-order valence-electron chi connectivity index (χ3n) is 3.56. The Morgan fingerprint density at radius 1 is 1.29 bits per heavy atom. The van der Waals surface area contributed by atoms with Crippen LogP contribution in [-0.2, 0) is 16.4 Å². The maximum atomic E-state index is 12.4. The quantitative estimate of drug-likeness (QED) is 0.887. The highest BCUT2D eigenvalue weighted by Crippen LogP contribution is 2.23. The molecule has 0 spiro atoms. The molecule has 2 aromatic heterocycles. The largest absolute Gasteiger partial charge is 0.282 e. The van der Waals surface area contributed by atoms with Gasteiger partial charge in [-0.1, -0.05) is 0 Å². The summed E-state index contributed by atoms with van der Waals surface area (Å²) in [4.78, 5) is 1.01. The van der Waals surface area contributed by atoms with Crippen LogP contribution >= 0.6 is 11.3 Å². The lowest BCUT2D eigenvalue weighted by Crippen LogP contribution is -2.27. The van der Waals surface area contributed by atoms with Crippen molar-refractivity contribution in [1.29, 1.82) is 0 Å². The van der Waals surface area contributed by atoms with E-state index < -0.39 is 10.0 Å². The molecule has 7 heteroatoms. The van der Waals surface area contributed by atoms with Gasteiger partial charge in [-0.15, -0.1) is 11.3 Å². The van der Waals surface area contributed by atoms with Crippen molar-refractivity contribution in [3.05, 3.63) is 34.0 Å². The van der Waals surface area contributed by atoms with Crippen molar-refractivity contribution >= 4 is 21.4 Å². The number of nitrogens with one attached hydrogen (secondary N) is 1. The third-order valence-corrected chi connectivity index (χ3v) is 6.89. The van der Waals surface area contributed by atoms with Crippen LogP contribution < -0.4 is 0 Å². The first-order chi connectivity index (χ1) is 9.82. The lowest BCUT2D eigenvalue weighted by atomic mass is 10.1. The first-order valence-electron chi connectivity index (χ1n) is 6.85. The summed E-state index contributed by atoms with van der Waals surface area (Å²) in [5, 5.41) is 7.11. The second kappa shape index (κ2) is 6.29. The minimum absolute atomic E-state index is 0.415. The standard InChI is InChI=1S/C14H21N3O2S2/c1-10-7-8-14(20-10)21(18,19)17(4)9-5-6-13-11(2)15-16-12(13)3/h7-8H,5-6,9H2,1-4H3,(H,15,16). The number of hydrogen-bond acceptors (Lipinski definition) is 4. The van der Waals surface area contributed by atoms with Crippen LogP contribution in [0.1, 0.15) is 28.2 Å². The first kappa shape index (κ1) is 16.2. The molecule has 2 rings (SSSR count). The molecule has 0 aliphatic rings. The van der Waals surface area contributed by atoms with Crippen molar-refractivity contribution in [2.75, 3.05) is 13.6 Å². The van der Waals surface area contributed by atoms with Crippen LogP contribution in [0.5, 0.6) is 0 Å². The predicted octanol–water partition coefficient (Wildman–Crippen LogP) is 2.65. The summed E-state index contributed by atoms with van der Waals surface area (Å²) in [5.41, 5.74) is 3.24. The predicted molar refractivity (Wildman–Crippen MR) is 85.3 cm³/mol. The Morgan fingerprint density at radius 3 is 2.52 bits per heavy atom. The number of hydrogen-bond donors (Lipinski definition) is 1. The summed E-state index contributed by atoms with van der Waals surface area (Å²) in [6.07, 6.45) is 1.61. The molecule has 0 saturated heterocycles. The summed E-state index contributed by atoms with van der Waals surface area (Å²) in [6.45, 7) is 6.37. The number of nitrogens with zero attached hydrogens (tertiary/aromatic N) is 2. The molecular weight excluding hydrogens is 306 g/mol. The van der Waals surface area contributed by atoms with Crippen LogP contribution in [0.25, 0.3) is 0 Å². The van der Waals surface area contributed by atoms with Crippen molar-refractivity contribution in [2.45, 2.75) is 37.8 Å². The van der Waals surface area contributed by atoms with Gasteiger partial charge in [-0.25, -0.2) is 12.7 Å². The molecular formula is C14H21N3O2S2. The molecule has 0 fully saturated rings. The molecule has 1 N–H and O–H groups in total. The van der Waals surface area contributed by atoms with E-state index in [1.807, 2.05) is 26.8 Å². The van der Waals surface area contributed by atoms with Gasteiger partial charge in [0.25, 0.3) is 10.0 Å². The lowest BCUT2D eigenvalue weighted by molar-refractivity contribution is 0.462. The van der Waals surface area contributed by atoms with E-state index in [-0.39, 0.29) is 0 Å². The van der Waals surface area contributed by atoms with E-state index >= 15 is 0 Å². The van der Waals surface area contributed by atoms with Gasteiger partial charge in [-0.05, 0) is 51.3 Å². The van der Waals surface area contributed by atoms with Gasteiger partial charge < -0.3 is 0 Å². The third kappa shape index (κ3) is 3.53. The molecule has 2 heterocycles. The highest BCUT2D eigenvalue weighted by molar-refractivity contribution is 7.91. The normalized spacial score (nSPS) is 12.2. The number of aromatic amines is 1. The maximum Gasteiger partial charge on any atom is 0.252 e. The van der Waals surface area contributed by atoms with Gasteiger partial charge in [0.2, 0.25) is 0 Å². The van der Waals surface area contributed by atoms with Crippen LogP contribution in [0.3, 0.4) is 0 Å². The molecule has 116 valence electrons. The van der Waals surface area contributed by atoms with Crippen LogP contribution in [-0.4, -0.2) is 36.5 Å². The number of aromatic nitrogens is 2. The van der Waals surface area contributed by atoms with E-state index in [1.165, 1.54) is 21.2 Å². The van der Waals surface area contributed by atoms with Crippen molar-refractivity contribution in [3.8, 4) is 0 Å². The van der Waals surface area contributed by atoms with Crippen LogP contribution in [0.2, 0.25) is 0 Å². The van der Waals surface area contributed by atoms with E-state index in [9.17, 15) is 8.42 Å². The maximum absolute atomic E-state index is 12.4. The second-order valence-corrected chi connectivity index (χ2v) is 8.77. The van der Waals surface area contributed by atoms with Crippen molar-refractivity contribution in [2.24, 2.45) is 0 Å². The minimum atomic E-state index is -3.35. The monoisotopic (exact) mass is 327 g/mol. The average molecular weight is 327 g/mol. The molecule has 2 aromatic rings. The van der Waals surface area contributed by atoms with Gasteiger partial charge in [0.1, 0.15) is 4.21 Å². The van der Waals surface area contributed by atoms with Gasteiger partial charge in [0.05, 0.1) is 5.69 Å². The number of H-pyrrole nitrogens is 1. The van der Waals surface area contributed by atoms with E-state index in [2.05, 4.69) is 10.2 Å². The number of sulfonamides is 1. The zero-order chi connectivity index (χ0) is 15.6. The molecule has 0 aliphatic carbocycles. The first-order valence-corrected chi connectivity index (χ1v) is 9.11. The molecule has 0 radical (unpaired) electrons. The Labute approximate surface area is 130 Å². The highest BCUT2D eigenvalue weighted by Gasteiger charge is 2.22. The highest BCUT2D eigenvalue weighted by atomic mass is 32.2. The summed E-state index contributed by atoms with van der Waals surface area (Å²) in [6, 6.07) is 3.51. The molecule has 0 aromatic carbocycles. The summed E-state index contributed by atoms with van der Waals surface area (Å²) < 4.78 is 26.6. The molecule has 0 aliphatic heterocycles. The summed E-state index contributed by atoms with van der Waals surface area (Å²) >= 11 is 1.31. The molecule has 0 saturated carbocycles. The number of aryl methyl sites for hydroxylation is 3. The fourth-order valence-corrected chi connectivity index (χ4v) is 4.95. The van der Waals surface area contributed by atoms with Crippen molar-refractivity contribution in [3.63, 3.8) is 0 Å². The lowest BCUT2D eigenvalue weighted by Gasteiger charge is -2.15. The van der Waals surface area contributed by atoms with E-state index in [4.69, 9.17) is 0 Å². The Balaban J connectivity index is 1.97. The zero-order valence-corrected chi connectivity index (χ0v) is 14.4. The van der Waals surface area contributed by atoms with Gasteiger partial charge >= 0.3 is 0 Å². The Hall–Kier alpha value is -1.18. The molecule has 0 amide bonds. The van der Waals surface area contributed by atoms with Gasteiger partial charge in [0.15, 0.2) is 0 Å². The molecule has 0 unspecified atom stereocenters. The fourth-order valence-electron chi connectivity index (χ4n) is 2.25. The zero-order valence-electron chi connectivity index (χ0n) is 12.8. The molecule has 5 nitrogen and oxygen atoms in total. The molecule has 0 bridgehead atoms. The number of rotatable bonds is 6. The minimum Gasteiger partial charge on any atom is -0.282 e. The Bertz CT molecular complexity index is 697. The van der Waals surface area contributed by atoms with Crippen LogP contribution in [0, 0.1) is 20.8 Å². The van der Waals surface area contributed by atoms with Crippen LogP contribution in [0.15, 0.2) is 16.3 Å². The number of thiophene rings is 1. The van der Waals surface area contributed by atoms with E-state index in [0.29, 0.717) is 10.8 Å². The smallest absolute Gasteiger partial charge is 0.252 e.